The molecular formula is C14H13NOS. The molecule has 3 heteroatoms. The summed E-state index contributed by atoms with van der Waals surface area (Å²) in [4.78, 5) is 14.6. The molecule has 86 valence electrons. The van der Waals surface area contributed by atoms with E-state index in [1.165, 1.54) is 11.3 Å². The van der Waals surface area contributed by atoms with Gasteiger partial charge in [0.2, 0.25) is 0 Å². The number of benzene rings is 1. The van der Waals surface area contributed by atoms with Gasteiger partial charge < -0.3 is 4.90 Å². The third kappa shape index (κ3) is 2.32. The largest absolute Gasteiger partial charge is 0.327 e. The number of carbonyl (C=O) groups is 1. The molecule has 0 aliphatic heterocycles. The first kappa shape index (κ1) is 11.7. The van der Waals surface area contributed by atoms with E-state index in [2.05, 4.69) is 5.92 Å². The van der Waals surface area contributed by atoms with Gasteiger partial charge in [-0.3, -0.25) is 4.79 Å². The van der Waals surface area contributed by atoms with E-state index >= 15 is 0 Å². The van der Waals surface area contributed by atoms with E-state index in [9.17, 15) is 4.79 Å². The number of thiophene rings is 1. The molecule has 2 nitrogen and oxygen atoms in total. The zero-order chi connectivity index (χ0) is 12.3. The van der Waals surface area contributed by atoms with E-state index in [0.29, 0.717) is 13.1 Å². The third-order valence-electron chi connectivity index (χ3n) is 2.59. The van der Waals surface area contributed by atoms with Crippen LogP contribution >= 0.6 is 11.3 Å². The minimum atomic E-state index is 0.0200. The smallest absolute Gasteiger partial charge is 0.264 e. The van der Waals surface area contributed by atoms with Crippen molar-refractivity contribution in [3.05, 3.63) is 35.2 Å². The summed E-state index contributed by atoms with van der Waals surface area (Å²) in [7, 11) is 0. The van der Waals surface area contributed by atoms with Crippen molar-refractivity contribution in [3.8, 4) is 12.3 Å². The van der Waals surface area contributed by atoms with Gasteiger partial charge in [0.1, 0.15) is 0 Å². The maximum atomic E-state index is 12.2. The molecule has 0 radical (unpaired) electrons. The molecule has 0 unspecified atom stereocenters. The van der Waals surface area contributed by atoms with Gasteiger partial charge in [-0.15, -0.1) is 17.8 Å². The maximum Gasteiger partial charge on any atom is 0.264 e. The Bertz CT molecular complexity index is 546. The molecule has 0 saturated carbocycles. The Balaban J connectivity index is 2.33. The molecule has 0 spiro atoms. The number of rotatable bonds is 3. The van der Waals surface area contributed by atoms with Crippen LogP contribution in [0.5, 0.6) is 0 Å². The molecule has 0 aliphatic carbocycles. The minimum absolute atomic E-state index is 0.0200. The molecule has 1 heterocycles. The van der Waals surface area contributed by atoms with Crippen LogP contribution in [0.2, 0.25) is 0 Å². The standard InChI is InChI=1S/C14H13NOS/c1-3-9-15(4-2)14(16)13-10-11-7-5-6-8-12(11)17-13/h1,5-8,10H,4,9H2,2H3. The van der Waals surface area contributed by atoms with Gasteiger partial charge in [0.15, 0.2) is 0 Å². The fourth-order valence-corrected chi connectivity index (χ4v) is 2.71. The van der Waals surface area contributed by atoms with Crippen molar-refractivity contribution in [3.63, 3.8) is 0 Å². The highest BCUT2D eigenvalue weighted by Crippen LogP contribution is 2.26. The Morgan fingerprint density at radius 1 is 1.47 bits per heavy atom. The number of fused-ring (bicyclic) bond motifs is 1. The van der Waals surface area contributed by atoms with Gasteiger partial charge in [-0.2, -0.15) is 0 Å². The Hall–Kier alpha value is -1.79. The fourth-order valence-electron chi connectivity index (χ4n) is 1.68. The van der Waals surface area contributed by atoms with Gasteiger partial charge in [-0.1, -0.05) is 24.1 Å². The lowest BCUT2D eigenvalue weighted by Gasteiger charge is -2.16. The number of amides is 1. The number of nitrogens with zero attached hydrogens (tertiary/aromatic N) is 1. The van der Waals surface area contributed by atoms with Gasteiger partial charge in [-0.25, -0.2) is 0 Å². The predicted octanol–water partition coefficient (Wildman–Crippen LogP) is 3.00. The third-order valence-corrected chi connectivity index (χ3v) is 3.69. The van der Waals surface area contributed by atoms with Crippen LogP contribution in [0, 0.1) is 12.3 Å². The van der Waals surface area contributed by atoms with Crippen molar-refractivity contribution in [2.75, 3.05) is 13.1 Å². The summed E-state index contributed by atoms with van der Waals surface area (Å²) >= 11 is 1.52. The summed E-state index contributed by atoms with van der Waals surface area (Å²) < 4.78 is 1.13. The van der Waals surface area contributed by atoms with Crippen LogP contribution < -0.4 is 0 Å². The zero-order valence-corrected chi connectivity index (χ0v) is 10.5. The van der Waals surface area contributed by atoms with Gasteiger partial charge in [0.25, 0.3) is 5.91 Å². The zero-order valence-electron chi connectivity index (χ0n) is 9.64. The highest BCUT2D eigenvalue weighted by molar-refractivity contribution is 7.20. The van der Waals surface area contributed by atoms with Crippen molar-refractivity contribution >= 4 is 27.3 Å². The Morgan fingerprint density at radius 2 is 2.24 bits per heavy atom. The van der Waals surface area contributed by atoms with Crippen LogP contribution in [-0.2, 0) is 0 Å². The molecule has 1 aromatic heterocycles. The van der Waals surface area contributed by atoms with Crippen LogP contribution in [0.25, 0.3) is 10.1 Å². The van der Waals surface area contributed by atoms with E-state index in [4.69, 9.17) is 6.42 Å². The van der Waals surface area contributed by atoms with Gasteiger partial charge >= 0.3 is 0 Å². The molecule has 2 aromatic rings. The molecule has 0 bridgehead atoms. The van der Waals surface area contributed by atoms with E-state index in [1.807, 2.05) is 37.3 Å². The lowest BCUT2D eigenvalue weighted by Crippen LogP contribution is -2.30. The van der Waals surface area contributed by atoms with Crippen molar-refractivity contribution in [1.29, 1.82) is 0 Å². The van der Waals surface area contributed by atoms with Gasteiger partial charge in [0, 0.05) is 11.2 Å². The quantitative estimate of drug-likeness (QED) is 0.759. The first-order chi connectivity index (χ1) is 8.26. The van der Waals surface area contributed by atoms with E-state index in [0.717, 1.165) is 15.0 Å². The summed E-state index contributed by atoms with van der Waals surface area (Å²) in [5, 5.41) is 1.11. The van der Waals surface area contributed by atoms with E-state index in [-0.39, 0.29) is 5.91 Å². The molecule has 0 aliphatic rings. The lowest BCUT2D eigenvalue weighted by molar-refractivity contribution is 0.0790. The molecule has 0 fully saturated rings. The second-order valence-electron chi connectivity index (χ2n) is 3.67. The highest BCUT2D eigenvalue weighted by Gasteiger charge is 2.15. The lowest BCUT2D eigenvalue weighted by atomic mass is 10.2. The summed E-state index contributed by atoms with van der Waals surface area (Å²) in [6.07, 6.45) is 5.26. The van der Waals surface area contributed by atoms with Gasteiger partial charge in [0.05, 0.1) is 11.4 Å². The summed E-state index contributed by atoms with van der Waals surface area (Å²) in [6.45, 7) is 2.93. The van der Waals surface area contributed by atoms with Crippen molar-refractivity contribution in [1.82, 2.24) is 4.90 Å². The number of hydrogen-bond donors (Lipinski definition) is 0. The monoisotopic (exact) mass is 243 g/mol. The van der Waals surface area contributed by atoms with Crippen molar-refractivity contribution in [2.45, 2.75) is 6.92 Å². The molecule has 1 aromatic carbocycles. The van der Waals surface area contributed by atoms with Crippen molar-refractivity contribution < 1.29 is 4.79 Å². The highest BCUT2D eigenvalue weighted by atomic mass is 32.1. The number of hydrogen-bond acceptors (Lipinski definition) is 2. The maximum absolute atomic E-state index is 12.2. The van der Waals surface area contributed by atoms with Crippen LogP contribution in [0.3, 0.4) is 0 Å². The molecule has 0 N–H and O–H groups in total. The molecule has 2 rings (SSSR count). The molecular weight excluding hydrogens is 230 g/mol. The van der Waals surface area contributed by atoms with Crippen LogP contribution in [0.15, 0.2) is 30.3 Å². The Morgan fingerprint density at radius 3 is 2.88 bits per heavy atom. The Kier molecular flexibility index (Phi) is 3.46. The molecule has 1 amide bonds. The molecule has 0 saturated heterocycles. The topological polar surface area (TPSA) is 20.3 Å². The van der Waals surface area contributed by atoms with E-state index < -0.39 is 0 Å². The Labute approximate surface area is 105 Å². The predicted molar refractivity (Wildman–Crippen MR) is 72.2 cm³/mol. The van der Waals surface area contributed by atoms with Crippen LogP contribution in [0.1, 0.15) is 16.6 Å². The van der Waals surface area contributed by atoms with E-state index in [1.54, 1.807) is 4.90 Å². The molecule has 17 heavy (non-hydrogen) atoms. The second kappa shape index (κ2) is 5.03. The summed E-state index contributed by atoms with van der Waals surface area (Å²) in [5.74, 6) is 2.53. The number of terminal acetylenes is 1. The summed E-state index contributed by atoms with van der Waals surface area (Å²) in [6, 6.07) is 9.92. The average molecular weight is 243 g/mol. The van der Waals surface area contributed by atoms with Crippen LogP contribution in [0.4, 0.5) is 0 Å². The first-order valence-electron chi connectivity index (χ1n) is 5.47. The normalized spacial score (nSPS) is 10.1. The number of carbonyl (C=O) groups excluding carboxylic acids is 1. The molecule has 0 atom stereocenters. The minimum Gasteiger partial charge on any atom is -0.327 e. The summed E-state index contributed by atoms with van der Waals surface area (Å²) in [5.41, 5.74) is 0. The van der Waals surface area contributed by atoms with Gasteiger partial charge in [-0.05, 0) is 24.4 Å². The average Bonchev–Trinajstić information content (AvgIpc) is 2.78. The van der Waals surface area contributed by atoms with Crippen LogP contribution in [-0.4, -0.2) is 23.9 Å². The second-order valence-corrected chi connectivity index (χ2v) is 4.76. The SMILES string of the molecule is C#CCN(CC)C(=O)c1cc2ccccc2s1. The fraction of sp³-hybridized carbons (Fsp3) is 0.214. The first-order valence-corrected chi connectivity index (χ1v) is 6.29. The van der Waals surface area contributed by atoms with Crippen molar-refractivity contribution in [2.24, 2.45) is 0 Å².